The predicted molar refractivity (Wildman–Crippen MR) is 166 cm³/mol. The summed E-state index contributed by atoms with van der Waals surface area (Å²) in [5, 5.41) is 11.7. The molecule has 2 fully saturated rings. The van der Waals surface area contributed by atoms with Crippen molar-refractivity contribution in [2.45, 2.75) is 64.7 Å². The molecular weight excluding hydrogens is 572 g/mol. The molecule has 42 heavy (non-hydrogen) atoms. The number of aliphatic carboxylic acids is 1. The van der Waals surface area contributed by atoms with E-state index in [0.717, 1.165) is 63.3 Å². The molecule has 2 aromatic heterocycles. The fraction of sp³-hybridized carbons (Fsp3) is 0.375. The number of carbonyl (C=O) groups excluding carboxylic acids is 1. The Morgan fingerprint density at radius 3 is 2.60 bits per heavy atom. The quantitative estimate of drug-likeness (QED) is 0.242. The van der Waals surface area contributed by atoms with Crippen LogP contribution in [0.2, 0.25) is 5.02 Å². The lowest BCUT2D eigenvalue weighted by molar-refractivity contribution is -0.160. The van der Waals surface area contributed by atoms with Gasteiger partial charge in [-0.05, 0) is 88.4 Å². The number of nitrogens with zero attached hydrogens (tertiary/aromatic N) is 4. The van der Waals surface area contributed by atoms with Gasteiger partial charge < -0.3 is 14.7 Å². The summed E-state index contributed by atoms with van der Waals surface area (Å²) in [4.78, 5) is 39.1. The number of aryl methyl sites for hydroxylation is 1. The van der Waals surface area contributed by atoms with Gasteiger partial charge in [0.05, 0.1) is 21.9 Å². The molecule has 0 radical (unpaired) electrons. The molecule has 0 spiro atoms. The Morgan fingerprint density at radius 1 is 1.14 bits per heavy atom. The first-order valence-corrected chi connectivity index (χ1v) is 15.3. The molecule has 10 heteroatoms. The van der Waals surface area contributed by atoms with Gasteiger partial charge in [-0.15, -0.1) is 11.3 Å². The first-order valence-electron chi connectivity index (χ1n) is 14.2. The summed E-state index contributed by atoms with van der Waals surface area (Å²) < 4.78 is 6.98. The molecule has 4 aromatic rings. The third-order valence-corrected chi connectivity index (χ3v) is 9.17. The van der Waals surface area contributed by atoms with Gasteiger partial charge in [-0.3, -0.25) is 4.90 Å². The van der Waals surface area contributed by atoms with Gasteiger partial charge in [-0.1, -0.05) is 23.7 Å². The van der Waals surface area contributed by atoms with Crippen molar-refractivity contribution in [1.82, 2.24) is 14.9 Å². The van der Waals surface area contributed by atoms with Crippen LogP contribution < -0.4 is 4.90 Å². The van der Waals surface area contributed by atoms with Crippen LogP contribution in [-0.4, -0.2) is 56.7 Å². The van der Waals surface area contributed by atoms with Crippen LogP contribution in [0.4, 0.5) is 10.6 Å². The van der Waals surface area contributed by atoms with Crippen molar-refractivity contribution >= 4 is 51.0 Å². The predicted octanol–water partition coefficient (Wildman–Crippen LogP) is 7.72. The number of carboxylic acid groups (broad SMARTS) is 1. The zero-order chi connectivity index (χ0) is 29.8. The lowest BCUT2D eigenvalue weighted by Gasteiger charge is -2.28. The summed E-state index contributed by atoms with van der Waals surface area (Å²) in [5.41, 5.74) is 3.89. The fourth-order valence-corrected chi connectivity index (χ4v) is 7.19. The van der Waals surface area contributed by atoms with Crippen molar-refractivity contribution in [1.29, 1.82) is 0 Å². The number of benzene rings is 2. The zero-order valence-corrected chi connectivity index (χ0v) is 25.6. The van der Waals surface area contributed by atoms with Crippen LogP contribution in [0.5, 0.6) is 0 Å². The summed E-state index contributed by atoms with van der Waals surface area (Å²) in [7, 11) is 0. The molecule has 0 bridgehead atoms. The van der Waals surface area contributed by atoms with E-state index in [1.165, 1.54) is 11.3 Å². The Bertz CT molecular complexity index is 1680. The van der Waals surface area contributed by atoms with Gasteiger partial charge in [0.25, 0.3) is 0 Å². The molecular formula is C32H33ClN4O4S. The molecule has 2 atom stereocenters. The van der Waals surface area contributed by atoms with E-state index in [4.69, 9.17) is 21.3 Å². The third kappa shape index (κ3) is 5.37. The minimum absolute atomic E-state index is 0.0116. The number of carboxylic acids is 1. The Kier molecular flexibility index (Phi) is 7.45. The standard InChI is InChI=1S/C32H33ClN4O4S/c1-18-15-23-28(26(19-8-10-21(33)11-9-19)25(18)27(30(38)39)41-32(2,3)4)42-29(35-23)20-12-13-34-24(16-20)37-17-22-7-5-6-14-36(22)31(37)40/h8-13,15-16,22,27H,5-7,14,17H2,1-4H3,(H,38,39). The summed E-state index contributed by atoms with van der Waals surface area (Å²) in [6.45, 7) is 8.88. The van der Waals surface area contributed by atoms with Gasteiger partial charge in [0, 0.05) is 41.0 Å². The van der Waals surface area contributed by atoms with Crippen LogP contribution in [0.1, 0.15) is 57.3 Å². The van der Waals surface area contributed by atoms with Crippen molar-refractivity contribution < 1.29 is 19.4 Å². The molecule has 2 aromatic carbocycles. The van der Waals surface area contributed by atoms with Crippen molar-refractivity contribution in [2.24, 2.45) is 0 Å². The zero-order valence-electron chi connectivity index (χ0n) is 24.1. The van der Waals surface area contributed by atoms with Crippen LogP contribution in [0, 0.1) is 6.92 Å². The lowest BCUT2D eigenvalue weighted by atomic mass is 9.91. The van der Waals surface area contributed by atoms with Gasteiger partial charge >= 0.3 is 12.0 Å². The topological polar surface area (TPSA) is 95.9 Å². The van der Waals surface area contributed by atoms with Crippen LogP contribution in [0.15, 0.2) is 48.7 Å². The average molecular weight is 605 g/mol. The number of carbonyl (C=O) groups is 2. The summed E-state index contributed by atoms with van der Waals surface area (Å²) in [6.07, 6.45) is 3.73. The number of hydrogen-bond donors (Lipinski definition) is 1. The highest BCUT2D eigenvalue weighted by atomic mass is 35.5. The van der Waals surface area contributed by atoms with Crippen molar-refractivity contribution in [3.8, 4) is 21.7 Å². The van der Waals surface area contributed by atoms with Gasteiger partial charge in [-0.2, -0.15) is 0 Å². The second-order valence-corrected chi connectivity index (χ2v) is 13.4. The summed E-state index contributed by atoms with van der Waals surface area (Å²) in [6, 6.07) is 13.4. The fourth-order valence-electron chi connectivity index (χ4n) is 5.94. The maximum absolute atomic E-state index is 13.2. The maximum Gasteiger partial charge on any atom is 0.337 e. The highest BCUT2D eigenvalue weighted by Gasteiger charge is 2.39. The molecule has 2 unspecified atom stereocenters. The van der Waals surface area contributed by atoms with Crippen LogP contribution in [-0.2, 0) is 9.53 Å². The van der Waals surface area contributed by atoms with Crippen molar-refractivity contribution in [3.05, 3.63) is 64.8 Å². The number of rotatable bonds is 6. The molecule has 4 heterocycles. The normalized spacial score (nSPS) is 18.0. The van der Waals surface area contributed by atoms with Gasteiger partial charge in [0.1, 0.15) is 10.8 Å². The van der Waals surface area contributed by atoms with E-state index in [2.05, 4.69) is 4.98 Å². The Balaban J connectivity index is 1.48. The summed E-state index contributed by atoms with van der Waals surface area (Å²) >= 11 is 7.71. The number of pyridine rings is 1. The van der Waals surface area contributed by atoms with Crippen molar-refractivity contribution in [2.75, 3.05) is 18.0 Å². The molecule has 2 aliphatic rings. The number of thiazole rings is 1. The number of fused-ring (bicyclic) bond motifs is 2. The van der Waals surface area contributed by atoms with Crippen LogP contribution >= 0.6 is 22.9 Å². The maximum atomic E-state index is 13.2. The molecule has 6 rings (SSSR count). The molecule has 0 saturated carbocycles. The molecule has 1 N–H and O–H groups in total. The van der Waals surface area contributed by atoms with E-state index in [1.54, 1.807) is 23.2 Å². The molecule has 8 nitrogen and oxygen atoms in total. The lowest BCUT2D eigenvalue weighted by Crippen LogP contribution is -2.38. The number of piperidine rings is 1. The number of halogens is 1. The molecule has 2 saturated heterocycles. The van der Waals surface area contributed by atoms with Crippen molar-refractivity contribution in [3.63, 3.8) is 0 Å². The largest absolute Gasteiger partial charge is 0.479 e. The van der Waals surface area contributed by atoms with Gasteiger partial charge in [-0.25, -0.2) is 19.6 Å². The molecule has 2 aliphatic heterocycles. The Hall–Kier alpha value is -3.53. The summed E-state index contributed by atoms with van der Waals surface area (Å²) in [5.74, 6) is -0.442. The van der Waals surface area contributed by atoms with Crippen LogP contribution in [0.3, 0.4) is 0 Å². The highest BCUT2D eigenvalue weighted by molar-refractivity contribution is 7.22. The Morgan fingerprint density at radius 2 is 1.90 bits per heavy atom. The van der Waals surface area contributed by atoms with Gasteiger partial charge in [0.2, 0.25) is 0 Å². The van der Waals surface area contributed by atoms with Crippen LogP contribution in [0.25, 0.3) is 31.9 Å². The number of aromatic nitrogens is 2. The minimum Gasteiger partial charge on any atom is -0.479 e. The average Bonchev–Trinajstić information content (AvgIpc) is 3.52. The minimum atomic E-state index is -1.18. The van der Waals surface area contributed by atoms with E-state index in [9.17, 15) is 14.7 Å². The number of amides is 2. The first-order chi connectivity index (χ1) is 20.0. The van der Waals surface area contributed by atoms with E-state index < -0.39 is 17.7 Å². The second-order valence-electron chi connectivity index (χ2n) is 11.9. The van der Waals surface area contributed by atoms with E-state index in [0.29, 0.717) is 22.9 Å². The molecule has 2 amide bonds. The van der Waals surface area contributed by atoms with E-state index in [-0.39, 0.29) is 12.1 Å². The second kappa shape index (κ2) is 10.9. The molecule has 0 aliphatic carbocycles. The Labute approximate surface area is 253 Å². The number of anilines is 1. The van der Waals surface area contributed by atoms with Gasteiger partial charge in [0.15, 0.2) is 6.10 Å². The SMILES string of the molecule is Cc1cc2nc(-c3ccnc(N4CC5CCCCN5C4=O)c3)sc2c(-c2ccc(Cl)cc2)c1C(OC(C)(C)C)C(=O)O. The number of ether oxygens (including phenoxy) is 1. The number of hydrogen-bond acceptors (Lipinski definition) is 6. The van der Waals surface area contributed by atoms with E-state index >= 15 is 0 Å². The third-order valence-electron chi connectivity index (χ3n) is 7.78. The highest BCUT2D eigenvalue weighted by Crippen LogP contribution is 2.44. The monoisotopic (exact) mass is 604 g/mol. The first kappa shape index (κ1) is 28.6. The molecule has 218 valence electrons. The smallest absolute Gasteiger partial charge is 0.337 e. The van der Waals surface area contributed by atoms with E-state index in [1.807, 2.05) is 62.9 Å². The number of urea groups is 1.